The number of hydrogen-bond donors (Lipinski definition) is 1. The number of nitrogens with one attached hydrogen (secondary N) is 1. The lowest BCUT2D eigenvalue weighted by Gasteiger charge is -2.09. The smallest absolute Gasteiger partial charge is 0.239 e. The molecule has 5 nitrogen and oxygen atoms in total. The van der Waals surface area contributed by atoms with Crippen LogP contribution in [-0.4, -0.2) is 38.0 Å². The minimum Gasteiger partial charge on any atom is -0.300 e. The number of nitrogens with zero attached hydrogens (tertiary/aromatic N) is 3. The van der Waals surface area contributed by atoms with E-state index in [1.165, 1.54) is 23.1 Å². The number of carbonyl (C=O) groups excluding carboxylic acids is 1. The van der Waals surface area contributed by atoms with Crippen molar-refractivity contribution in [2.24, 2.45) is 4.99 Å². The number of hydrogen-bond acceptors (Lipinski definition) is 7. The van der Waals surface area contributed by atoms with Gasteiger partial charge < -0.3 is 0 Å². The van der Waals surface area contributed by atoms with Gasteiger partial charge in [-0.1, -0.05) is 58.1 Å². The number of aliphatic imine (C=N–C) groups is 1. The van der Waals surface area contributed by atoms with Gasteiger partial charge in [0.15, 0.2) is 5.01 Å². The number of carbonyl (C=O) groups is 1. The molecule has 0 bridgehead atoms. The number of thioether (sulfide) groups is 2. The number of anilines is 1. The molecule has 1 aromatic heterocycles. The van der Waals surface area contributed by atoms with E-state index in [2.05, 4.69) is 20.5 Å². The molecular weight excluding hydrogens is 407 g/mol. The van der Waals surface area contributed by atoms with E-state index in [0.29, 0.717) is 20.2 Å². The minimum atomic E-state index is -0.249. The van der Waals surface area contributed by atoms with Crippen molar-refractivity contribution in [3.8, 4) is 10.6 Å². The Hall–Kier alpha value is -0.800. The highest BCUT2D eigenvalue weighted by molar-refractivity contribution is 8.39. The predicted octanol–water partition coefficient (Wildman–Crippen LogP) is 4.67. The summed E-state index contributed by atoms with van der Waals surface area (Å²) >= 11 is 16.5. The Kier molecular flexibility index (Phi) is 6.04. The minimum absolute atomic E-state index is 0.125. The van der Waals surface area contributed by atoms with Crippen LogP contribution in [0.25, 0.3) is 10.6 Å². The second kappa shape index (κ2) is 8.05. The summed E-state index contributed by atoms with van der Waals surface area (Å²) in [5, 5.41) is 12.8. The van der Waals surface area contributed by atoms with Gasteiger partial charge in [-0.25, -0.2) is 0 Å². The van der Waals surface area contributed by atoms with Crippen LogP contribution in [-0.2, 0) is 4.79 Å². The number of amides is 1. The van der Waals surface area contributed by atoms with E-state index in [4.69, 9.17) is 23.2 Å². The molecule has 0 aliphatic carbocycles. The molecule has 3 rings (SSSR count). The zero-order valence-electron chi connectivity index (χ0n) is 12.5. The van der Waals surface area contributed by atoms with Gasteiger partial charge in [0.05, 0.1) is 16.8 Å². The summed E-state index contributed by atoms with van der Waals surface area (Å²) in [5.41, 5.74) is 0.734. The number of benzene rings is 1. The van der Waals surface area contributed by atoms with Gasteiger partial charge in [-0.3, -0.25) is 15.1 Å². The van der Waals surface area contributed by atoms with Crippen molar-refractivity contribution in [1.82, 2.24) is 10.2 Å². The van der Waals surface area contributed by atoms with Crippen LogP contribution < -0.4 is 5.32 Å². The average molecular weight is 419 g/mol. The van der Waals surface area contributed by atoms with E-state index in [-0.39, 0.29) is 11.2 Å². The van der Waals surface area contributed by atoms with Gasteiger partial charge in [0.25, 0.3) is 0 Å². The van der Waals surface area contributed by atoms with Crippen LogP contribution in [0.15, 0.2) is 23.2 Å². The molecule has 10 heteroatoms. The summed E-state index contributed by atoms with van der Waals surface area (Å²) in [4.78, 5) is 16.6. The molecule has 0 radical (unpaired) electrons. The SMILES string of the molecule is CC(SC1=NCCS1)C(=O)Nc1nnc(-c2ccc(Cl)cc2Cl)s1. The van der Waals surface area contributed by atoms with E-state index >= 15 is 0 Å². The van der Waals surface area contributed by atoms with Gasteiger partial charge in [-0.2, -0.15) is 0 Å². The summed E-state index contributed by atoms with van der Waals surface area (Å²) in [7, 11) is 0. The highest BCUT2D eigenvalue weighted by Gasteiger charge is 2.20. The van der Waals surface area contributed by atoms with Crippen LogP contribution in [0.3, 0.4) is 0 Å². The molecule has 1 aliphatic heterocycles. The third-order valence-electron chi connectivity index (χ3n) is 3.02. The Morgan fingerprint density at radius 3 is 2.92 bits per heavy atom. The summed E-state index contributed by atoms with van der Waals surface area (Å²) in [6.45, 7) is 2.67. The lowest BCUT2D eigenvalue weighted by atomic mass is 10.2. The molecule has 0 saturated carbocycles. The third kappa shape index (κ3) is 4.43. The van der Waals surface area contributed by atoms with E-state index in [0.717, 1.165) is 22.2 Å². The fourth-order valence-corrected chi connectivity index (χ4v) is 5.31. The Morgan fingerprint density at radius 2 is 2.21 bits per heavy atom. The summed E-state index contributed by atoms with van der Waals surface area (Å²) in [6.07, 6.45) is 0. The van der Waals surface area contributed by atoms with Crippen LogP contribution in [0.4, 0.5) is 5.13 Å². The summed E-state index contributed by atoms with van der Waals surface area (Å²) < 4.78 is 0.962. The normalized spacial score (nSPS) is 15.2. The zero-order valence-corrected chi connectivity index (χ0v) is 16.4. The predicted molar refractivity (Wildman–Crippen MR) is 106 cm³/mol. The van der Waals surface area contributed by atoms with Crippen LogP contribution in [0.1, 0.15) is 6.92 Å². The molecular formula is C14H12Cl2N4OS3. The molecule has 1 N–H and O–H groups in total. The van der Waals surface area contributed by atoms with Gasteiger partial charge in [-0.05, 0) is 25.1 Å². The lowest BCUT2D eigenvalue weighted by Crippen LogP contribution is -2.23. The third-order valence-corrected chi connectivity index (χ3v) is 6.74. The van der Waals surface area contributed by atoms with Crippen LogP contribution in [0.2, 0.25) is 10.0 Å². The monoisotopic (exact) mass is 418 g/mol. The molecule has 1 amide bonds. The van der Waals surface area contributed by atoms with Crippen molar-refractivity contribution >= 4 is 73.5 Å². The quantitative estimate of drug-likeness (QED) is 0.780. The Morgan fingerprint density at radius 1 is 1.38 bits per heavy atom. The number of aromatic nitrogens is 2. The van der Waals surface area contributed by atoms with Crippen molar-refractivity contribution in [1.29, 1.82) is 0 Å². The van der Waals surface area contributed by atoms with Gasteiger partial charge >= 0.3 is 0 Å². The zero-order chi connectivity index (χ0) is 17.1. The highest BCUT2D eigenvalue weighted by Crippen LogP contribution is 2.34. The first kappa shape index (κ1) is 18.0. The largest absolute Gasteiger partial charge is 0.300 e. The maximum atomic E-state index is 12.3. The topological polar surface area (TPSA) is 67.2 Å². The molecule has 0 saturated heterocycles. The van der Waals surface area contributed by atoms with Gasteiger partial charge in [0.2, 0.25) is 11.0 Å². The highest BCUT2D eigenvalue weighted by atomic mass is 35.5. The molecule has 1 aliphatic rings. The maximum absolute atomic E-state index is 12.3. The Balaban J connectivity index is 1.66. The first-order valence-corrected chi connectivity index (χ1v) is 10.4. The van der Waals surface area contributed by atoms with Crippen molar-refractivity contribution in [3.05, 3.63) is 28.2 Å². The second-order valence-corrected chi connectivity index (χ2v) is 9.27. The molecule has 1 atom stereocenters. The van der Waals surface area contributed by atoms with Gasteiger partial charge in [0, 0.05) is 16.3 Å². The van der Waals surface area contributed by atoms with Crippen molar-refractivity contribution in [2.75, 3.05) is 17.6 Å². The van der Waals surface area contributed by atoms with E-state index < -0.39 is 0 Å². The molecule has 24 heavy (non-hydrogen) atoms. The first-order chi connectivity index (χ1) is 11.5. The standard InChI is InChI=1S/C14H12Cl2N4OS3/c1-7(23-14-17-4-5-22-14)11(21)18-13-20-19-12(24-13)9-3-2-8(15)6-10(9)16/h2-3,6-7H,4-5H2,1H3,(H,18,20,21). The Labute approximate surface area is 161 Å². The first-order valence-electron chi connectivity index (χ1n) is 6.96. The molecule has 2 heterocycles. The van der Waals surface area contributed by atoms with Crippen molar-refractivity contribution < 1.29 is 4.79 Å². The molecule has 126 valence electrons. The lowest BCUT2D eigenvalue weighted by molar-refractivity contribution is -0.115. The summed E-state index contributed by atoms with van der Waals surface area (Å²) in [6, 6.07) is 5.17. The van der Waals surface area contributed by atoms with Crippen molar-refractivity contribution in [3.63, 3.8) is 0 Å². The van der Waals surface area contributed by atoms with Crippen LogP contribution in [0, 0.1) is 0 Å². The average Bonchev–Trinajstić information content (AvgIpc) is 3.19. The second-order valence-electron chi connectivity index (χ2n) is 4.78. The molecule has 0 fully saturated rings. The van der Waals surface area contributed by atoms with Crippen LogP contribution >= 0.6 is 58.1 Å². The van der Waals surface area contributed by atoms with E-state index in [9.17, 15) is 4.79 Å². The molecule has 1 aromatic carbocycles. The molecule has 0 spiro atoms. The van der Waals surface area contributed by atoms with E-state index in [1.54, 1.807) is 30.0 Å². The van der Waals surface area contributed by atoms with Gasteiger partial charge in [-0.15, -0.1) is 10.2 Å². The Bertz CT molecular complexity index is 796. The molecule has 2 aromatic rings. The fourth-order valence-electron chi connectivity index (χ4n) is 1.84. The van der Waals surface area contributed by atoms with Gasteiger partial charge in [0.1, 0.15) is 4.38 Å². The number of rotatable bonds is 4. The molecule has 1 unspecified atom stereocenters. The van der Waals surface area contributed by atoms with Crippen molar-refractivity contribution in [2.45, 2.75) is 12.2 Å². The fraction of sp³-hybridized carbons (Fsp3) is 0.286. The number of halogens is 2. The van der Waals surface area contributed by atoms with E-state index in [1.807, 2.05) is 6.92 Å². The van der Waals surface area contributed by atoms with Crippen LogP contribution in [0.5, 0.6) is 0 Å². The summed E-state index contributed by atoms with van der Waals surface area (Å²) in [5.74, 6) is 0.860. The maximum Gasteiger partial charge on any atom is 0.239 e.